The van der Waals surface area contributed by atoms with Crippen molar-refractivity contribution in [3.63, 3.8) is 0 Å². The molecule has 7 heteroatoms. The van der Waals surface area contributed by atoms with E-state index in [9.17, 15) is 0 Å². The number of benzene rings is 2. The zero-order valence-corrected chi connectivity index (χ0v) is 15.3. The number of para-hydroxylation sites is 1. The third kappa shape index (κ3) is 3.78. The molecule has 0 fully saturated rings. The van der Waals surface area contributed by atoms with Gasteiger partial charge in [0, 0.05) is 19.8 Å². The summed E-state index contributed by atoms with van der Waals surface area (Å²) >= 11 is 1.55. The van der Waals surface area contributed by atoms with Gasteiger partial charge >= 0.3 is 5.13 Å². The van der Waals surface area contributed by atoms with E-state index in [0.29, 0.717) is 0 Å². The van der Waals surface area contributed by atoms with E-state index in [1.54, 1.807) is 11.3 Å². The number of hydrogen-bond acceptors (Lipinski definition) is 6. The minimum atomic E-state index is -0.0141. The predicted octanol–water partition coefficient (Wildman–Crippen LogP) is 3.58. The topological polar surface area (TPSA) is 61.3 Å². The number of aliphatic hydroxyl groups excluding tert-OH is 1. The van der Waals surface area contributed by atoms with Crippen molar-refractivity contribution in [1.29, 1.82) is 0 Å². The number of fused-ring (bicyclic) bond motifs is 1. The third-order valence-corrected chi connectivity index (χ3v) is 4.84. The number of hydrogen-bond donors (Lipinski definition) is 1. The molecule has 0 unspecified atom stereocenters. The number of nitrogens with zero attached hydrogens (tertiary/aromatic N) is 4. The van der Waals surface area contributed by atoms with Crippen LogP contribution in [-0.4, -0.2) is 32.4 Å². The van der Waals surface area contributed by atoms with Crippen LogP contribution in [0.4, 0.5) is 16.5 Å². The van der Waals surface area contributed by atoms with E-state index in [0.717, 1.165) is 32.5 Å². The van der Waals surface area contributed by atoms with Crippen LogP contribution in [0.3, 0.4) is 0 Å². The highest BCUT2D eigenvalue weighted by Gasteiger charge is 2.19. The molecule has 0 aliphatic carbocycles. The van der Waals surface area contributed by atoms with Crippen LogP contribution in [0.1, 0.15) is 0 Å². The Bertz CT molecular complexity index is 888. The van der Waals surface area contributed by atoms with E-state index in [4.69, 9.17) is 9.84 Å². The first kappa shape index (κ1) is 17.3. The molecule has 0 amide bonds. The quantitative estimate of drug-likeness (QED) is 0.542. The number of azo groups is 1. The van der Waals surface area contributed by atoms with Gasteiger partial charge in [0.2, 0.25) is 0 Å². The van der Waals surface area contributed by atoms with Crippen LogP contribution in [0.5, 0.6) is 5.75 Å². The maximum Gasteiger partial charge on any atom is 0.409 e. The summed E-state index contributed by atoms with van der Waals surface area (Å²) in [5.41, 5.74) is 2.88. The Morgan fingerprint density at radius 3 is 2.56 bits per heavy atom. The average Bonchev–Trinajstić information content (AvgIpc) is 2.95. The molecule has 0 aliphatic rings. The Labute approximate surface area is 150 Å². The summed E-state index contributed by atoms with van der Waals surface area (Å²) in [5.74, 6) is 0.738. The van der Waals surface area contributed by atoms with Crippen LogP contribution in [0.25, 0.3) is 10.2 Å². The van der Waals surface area contributed by atoms with Gasteiger partial charge in [-0.25, -0.2) is 4.57 Å². The summed E-state index contributed by atoms with van der Waals surface area (Å²) < 4.78 is 8.65. The standard InChI is InChI=1S/C18H21N4O2S/c1-21(2)14-9-7-13(8-10-14)19-20-18-22(3)17-15(24-12-11-23)5-4-6-16(17)25-18/h4-10,23H,11-12H2,1-3H3/q+1. The van der Waals surface area contributed by atoms with E-state index in [1.807, 2.05) is 73.1 Å². The van der Waals surface area contributed by atoms with Crippen molar-refractivity contribution in [1.82, 2.24) is 0 Å². The van der Waals surface area contributed by atoms with E-state index in [2.05, 4.69) is 10.2 Å². The van der Waals surface area contributed by atoms with Crippen LogP contribution in [0.2, 0.25) is 0 Å². The smallest absolute Gasteiger partial charge is 0.409 e. The van der Waals surface area contributed by atoms with Gasteiger partial charge in [0.05, 0.1) is 23.5 Å². The molecule has 0 saturated carbocycles. The first-order valence-electron chi connectivity index (χ1n) is 7.94. The lowest BCUT2D eigenvalue weighted by molar-refractivity contribution is -0.628. The highest BCUT2D eigenvalue weighted by molar-refractivity contribution is 7.21. The molecular formula is C18H21N4O2S+. The number of rotatable bonds is 6. The van der Waals surface area contributed by atoms with Crippen molar-refractivity contribution >= 4 is 38.1 Å². The SMILES string of the molecule is CN(C)c1ccc(N=Nc2sc3cccc(OCCO)c3[n+]2C)cc1. The van der Waals surface area contributed by atoms with Crippen molar-refractivity contribution < 1.29 is 14.4 Å². The van der Waals surface area contributed by atoms with E-state index in [1.165, 1.54) is 0 Å². The zero-order valence-electron chi connectivity index (χ0n) is 14.5. The lowest BCUT2D eigenvalue weighted by Crippen LogP contribution is -2.26. The molecule has 6 nitrogen and oxygen atoms in total. The van der Waals surface area contributed by atoms with Crippen molar-refractivity contribution in [3.05, 3.63) is 42.5 Å². The van der Waals surface area contributed by atoms with E-state index < -0.39 is 0 Å². The maximum absolute atomic E-state index is 8.97. The first-order chi connectivity index (χ1) is 12.1. The molecule has 0 bridgehead atoms. The van der Waals surface area contributed by atoms with Crippen molar-refractivity contribution in [2.45, 2.75) is 0 Å². The molecule has 1 aromatic heterocycles. The summed E-state index contributed by atoms with van der Waals surface area (Å²) in [4.78, 5) is 2.04. The van der Waals surface area contributed by atoms with E-state index in [-0.39, 0.29) is 13.2 Å². The summed E-state index contributed by atoms with van der Waals surface area (Å²) in [6.07, 6.45) is 0. The summed E-state index contributed by atoms with van der Waals surface area (Å²) in [6, 6.07) is 13.8. The summed E-state index contributed by atoms with van der Waals surface area (Å²) in [5, 5.41) is 18.5. The largest absolute Gasteiger partial charge is 0.487 e. The van der Waals surface area contributed by atoms with E-state index >= 15 is 0 Å². The number of ether oxygens (including phenoxy) is 1. The Morgan fingerprint density at radius 1 is 1.12 bits per heavy atom. The molecule has 0 saturated heterocycles. The predicted molar refractivity (Wildman–Crippen MR) is 101 cm³/mol. The fourth-order valence-corrected chi connectivity index (χ4v) is 3.44. The molecule has 0 atom stereocenters. The lowest BCUT2D eigenvalue weighted by atomic mass is 10.3. The van der Waals surface area contributed by atoms with Gasteiger partial charge in [-0.1, -0.05) is 6.07 Å². The molecule has 25 heavy (non-hydrogen) atoms. The lowest BCUT2D eigenvalue weighted by Gasteiger charge is -2.11. The summed E-state index contributed by atoms with van der Waals surface area (Å²) in [6.45, 7) is 0.254. The molecule has 0 radical (unpaired) electrons. The van der Waals surface area contributed by atoms with Crippen LogP contribution in [0.15, 0.2) is 52.7 Å². The Balaban J connectivity index is 1.89. The molecule has 130 valence electrons. The van der Waals surface area contributed by atoms with Gasteiger partial charge < -0.3 is 14.7 Å². The minimum absolute atomic E-state index is 0.0141. The Hall–Kier alpha value is -2.51. The molecular weight excluding hydrogens is 336 g/mol. The second-order valence-corrected chi connectivity index (χ2v) is 6.74. The molecule has 3 rings (SSSR count). The summed E-state index contributed by atoms with van der Waals surface area (Å²) in [7, 11) is 5.95. The molecule has 1 heterocycles. The van der Waals surface area contributed by atoms with Gasteiger partial charge in [0.1, 0.15) is 12.3 Å². The highest BCUT2D eigenvalue weighted by Crippen LogP contribution is 2.32. The average molecular weight is 357 g/mol. The fourth-order valence-electron chi connectivity index (χ4n) is 2.46. The molecule has 1 N–H and O–H groups in total. The van der Waals surface area contributed by atoms with Gasteiger partial charge in [-0.2, -0.15) is 0 Å². The molecule has 2 aromatic carbocycles. The third-order valence-electron chi connectivity index (χ3n) is 3.75. The zero-order chi connectivity index (χ0) is 17.8. The second-order valence-electron chi connectivity index (χ2n) is 5.73. The maximum atomic E-state index is 8.97. The second kappa shape index (κ2) is 7.58. The van der Waals surface area contributed by atoms with Crippen LogP contribution in [0, 0.1) is 0 Å². The van der Waals surface area contributed by atoms with Gasteiger partial charge in [0.25, 0.3) is 0 Å². The van der Waals surface area contributed by atoms with Gasteiger partial charge in [0.15, 0.2) is 11.3 Å². The monoisotopic (exact) mass is 357 g/mol. The number of aryl methyl sites for hydroxylation is 1. The highest BCUT2D eigenvalue weighted by atomic mass is 32.1. The van der Waals surface area contributed by atoms with Crippen molar-refractivity contribution in [3.8, 4) is 5.75 Å². The van der Waals surface area contributed by atoms with Crippen molar-refractivity contribution in [2.75, 3.05) is 32.2 Å². The van der Waals surface area contributed by atoms with Gasteiger partial charge in [-0.05, 0) is 52.8 Å². The number of aromatic nitrogens is 1. The molecule has 0 spiro atoms. The van der Waals surface area contributed by atoms with Gasteiger partial charge in [-0.15, -0.1) is 0 Å². The van der Waals surface area contributed by atoms with Crippen LogP contribution < -0.4 is 14.2 Å². The van der Waals surface area contributed by atoms with Gasteiger partial charge in [-0.3, -0.25) is 0 Å². The Kier molecular flexibility index (Phi) is 5.25. The minimum Gasteiger partial charge on any atom is -0.487 e. The fraction of sp³-hybridized carbons (Fsp3) is 0.278. The number of anilines is 1. The molecule has 3 aromatic rings. The van der Waals surface area contributed by atoms with Crippen molar-refractivity contribution in [2.24, 2.45) is 17.3 Å². The Morgan fingerprint density at radius 2 is 1.88 bits per heavy atom. The van der Waals surface area contributed by atoms with Crippen LogP contribution >= 0.6 is 11.3 Å². The number of aliphatic hydroxyl groups is 1. The first-order valence-corrected chi connectivity index (χ1v) is 8.76. The molecule has 0 aliphatic heterocycles. The van der Waals surface area contributed by atoms with Crippen LogP contribution in [-0.2, 0) is 7.05 Å². The normalized spacial score (nSPS) is 11.4. The number of thiazole rings is 1.